The predicted octanol–water partition coefficient (Wildman–Crippen LogP) is 1.72. The molecule has 0 aliphatic carbocycles. The predicted molar refractivity (Wildman–Crippen MR) is 121 cm³/mol. The summed E-state index contributed by atoms with van der Waals surface area (Å²) in [5.41, 5.74) is 1.81. The van der Waals surface area contributed by atoms with Gasteiger partial charge in [0.25, 0.3) is 0 Å². The molecule has 0 atom stereocenters. The van der Waals surface area contributed by atoms with Gasteiger partial charge < -0.3 is 15.4 Å². The number of hydrogen-bond donors (Lipinski definition) is 2. The van der Waals surface area contributed by atoms with Crippen LogP contribution in [0.4, 0.5) is 0 Å². The number of carbonyl (C=O) groups is 2. The summed E-state index contributed by atoms with van der Waals surface area (Å²) in [5.74, 6) is -0.337. The monoisotopic (exact) mass is 434 g/mol. The Bertz CT molecular complexity index is 1120. The van der Waals surface area contributed by atoms with Gasteiger partial charge in [0, 0.05) is 30.5 Å². The first-order valence-corrected chi connectivity index (χ1v) is 10.6. The van der Waals surface area contributed by atoms with E-state index in [2.05, 4.69) is 20.8 Å². The highest BCUT2D eigenvalue weighted by atomic mass is 16.5. The van der Waals surface area contributed by atoms with Crippen LogP contribution < -0.4 is 10.6 Å². The number of hydrogen-bond acceptors (Lipinski definition) is 5. The fourth-order valence-electron chi connectivity index (χ4n) is 3.57. The fraction of sp³-hybridized carbons (Fsp3) is 0.304. The number of nitrogens with one attached hydrogen (secondary N) is 2. The van der Waals surface area contributed by atoms with Crippen molar-refractivity contribution in [3.8, 4) is 0 Å². The Morgan fingerprint density at radius 1 is 0.844 bits per heavy atom. The molecular weight excluding hydrogens is 408 g/mol. The van der Waals surface area contributed by atoms with Crippen LogP contribution in [-0.4, -0.2) is 57.2 Å². The van der Waals surface area contributed by atoms with Crippen LogP contribution in [0.15, 0.2) is 60.9 Å². The average Bonchev–Trinajstić information content (AvgIpc) is 3.40. The molecule has 4 aromatic rings. The molecular formula is C23H26N6O3. The molecule has 0 unspecified atom stereocenters. The Balaban J connectivity index is 1.26. The minimum atomic E-state index is -0.336. The second kappa shape index (κ2) is 10.1. The van der Waals surface area contributed by atoms with E-state index in [4.69, 9.17) is 4.74 Å². The third kappa shape index (κ3) is 5.12. The maximum absolute atomic E-state index is 12.4. The van der Waals surface area contributed by atoms with Crippen molar-refractivity contribution in [2.24, 2.45) is 0 Å². The second-order valence-corrected chi connectivity index (χ2v) is 7.41. The Labute approximate surface area is 185 Å². The number of nitrogens with zero attached hydrogens (tertiary/aromatic N) is 4. The summed E-state index contributed by atoms with van der Waals surface area (Å²) >= 11 is 0. The van der Waals surface area contributed by atoms with Gasteiger partial charge in [-0.1, -0.05) is 36.4 Å². The lowest BCUT2D eigenvalue weighted by Crippen LogP contribution is -2.43. The molecule has 9 nitrogen and oxygen atoms in total. The Morgan fingerprint density at radius 2 is 1.31 bits per heavy atom. The van der Waals surface area contributed by atoms with Gasteiger partial charge in [-0.15, -0.1) is 0 Å². The molecule has 0 fully saturated rings. The van der Waals surface area contributed by atoms with Crippen molar-refractivity contribution in [1.82, 2.24) is 30.2 Å². The molecule has 4 rings (SSSR count). The zero-order chi connectivity index (χ0) is 22.3. The second-order valence-electron chi connectivity index (χ2n) is 7.41. The van der Waals surface area contributed by atoms with E-state index in [-0.39, 0.29) is 44.1 Å². The summed E-state index contributed by atoms with van der Waals surface area (Å²) in [6.45, 7) is 3.16. The minimum absolute atomic E-state index is 0.116. The molecule has 0 aliphatic heterocycles. The van der Waals surface area contributed by atoms with Gasteiger partial charge in [0.2, 0.25) is 11.8 Å². The number of aromatic nitrogens is 4. The zero-order valence-electron chi connectivity index (χ0n) is 17.9. The number of para-hydroxylation sites is 2. The third-order valence-electron chi connectivity index (χ3n) is 5.14. The van der Waals surface area contributed by atoms with Crippen LogP contribution in [0.1, 0.15) is 6.92 Å². The summed E-state index contributed by atoms with van der Waals surface area (Å²) in [4.78, 5) is 24.8. The van der Waals surface area contributed by atoms with E-state index < -0.39 is 0 Å². The molecule has 2 amide bonds. The largest absolute Gasteiger partial charge is 0.375 e. The van der Waals surface area contributed by atoms with Crippen molar-refractivity contribution in [1.29, 1.82) is 0 Å². The van der Waals surface area contributed by atoms with Crippen LogP contribution in [-0.2, 0) is 27.4 Å². The lowest BCUT2D eigenvalue weighted by Gasteiger charge is -2.18. The molecule has 166 valence electrons. The standard InChI is InChI=1S/C23H26N6O3/c1-2-32-19(13-24-22(30)15-28-20-9-5-3-7-17(20)11-26-28)14-25-23(31)16-29-21-10-6-4-8-18(21)12-27-29/h3-12,19H,2,13-16H2,1H3,(H,24,30)(H,25,31). The molecule has 9 heteroatoms. The van der Waals surface area contributed by atoms with Gasteiger partial charge in [-0.3, -0.25) is 19.0 Å². The Hall–Kier alpha value is -3.72. The number of benzene rings is 2. The molecule has 0 spiro atoms. The van der Waals surface area contributed by atoms with Crippen LogP contribution in [0, 0.1) is 0 Å². The highest BCUT2D eigenvalue weighted by Gasteiger charge is 2.14. The van der Waals surface area contributed by atoms with E-state index >= 15 is 0 Å². The highest BCUT2D eigenvalue weighted by Crippen LogP contribution is 2.13. The quantitative estimate of drug-likeness (QED) is 0.396. The molecule has 2 N–H and O–H groups in total. The maximum atomic E-state index is 12.4. The Morgan fingerprint density at radius 3 is 1.78 bits per heavy atom. The molecule has 2 aromatic heterocycles. The van der Waals surface area contributed by atoms with Gasteiger partial charge in [0.05, 0.1) is 29.5 Å². The summed E-state index contributed by atoms with van der Waals surface area (Å²) in [6.07, 6.45) is 3.14. The molecule has 0 saturated heterocycles. The van der Waals surface area contributed by atoms with Gasteiger partial charge in [0.15, 0.2) is 0 Å². The van der Waals surface area contributed by atoms with Crippen LogP contribution in [0.3, 0.4) is 0 Å². The smallest absolute Gasteiger partial charge is 0.241 e. The normalized spacial score (nSPS) is 11.3. The zero-order valence-corrected chi connectivity index (χ0v) is 17.9. The van der Waals surface area contributed by atoms with E-state index in [0.717, 1.165) is 21.8 Å². The van der Waals surface area contributed by atoms with Crippen molar-refractivity contribution in [2.45, 2.75) is 26.1 Å². The van der Waals surface area contributed by atoms with Crippen molar-refractivity contribution in [3.63, 3.8) is 0 Å². The van der Waals surface area contributed by atoms with Crippen LogP contribution in [0.5, 0.6) is 0 Å². The van der Waals surface area contributed by atoms with Gasteiger partial charge in [0.1, 0.15) is 13.1 Å². The van der Waals surface area contributed by atoms with E-state index in [1.54, 1.807) is 21.8 Å². The first kappa shape index (κ1) is 21.5. The lowest BCUT2D eigenvalue weighted by molar-refractivity contribution is -0.122. The van der Waals surface area contributed by atoms with Crippen LogP contribution >= 0.6 is 0 Å². The van der Waals surface area contributed by atoms with Gasteiger partial charge >= 0.3 is 0 Å². The van der Waals surface area contributed by atoms with Crippen molar-refractivity contribution in [3.05, 3.63) is 60.9 Å². The molecule has 0 bridgehead atoms. The number of ether oxygens (including phenoxy) is 1. The van der Waals surface area contributed by atoms with Gasteiger partial charge in [-0.25, -0.2) is 0 Å². The topological polar surface area (TPSA) is 103 Å². The Kier molecular flexibility index (Phi) is 6.76. The van der Waals surface area contributed by atoms with Crippen LogP contribution in [0.25, 0.3) is 21.8 Å². The number of rotatable bonds is 10. The van der Waals surface area contributed by atoms with Crippen molar-refractivity contribution < 1.29 is 14.3 Å². The van der Waals surface area contributed by atoms with E-state index in [1.807, 2.05) is 55.5 Å². The van der Waals surface area contributed by atoms with E-state index in [1.165, 1.54) is 0 Å². The summed E-state index contributed by atoms with van der Waals surface area (Å²) in [5, 5.41) is 16.3. The maximum Gasteiger partial charge on any atom is 0.241 e. The molecule has 0 radical (unpaired) electrons. The third-order valence-corrected chi connectivity index (χ3v) is 5.14. The van der Waals surface area contributed by atoms with E-state index in [9.17, 15) is 9.59 Å². The SMILES string of the molecule is CCOC(CNC(=O)Cn1ncc2ccccc21)CNC(=O)Cn1ncc2ccccc21. The van der Waals surface area contributed by atoms with Gasteiger partial charge in [-0.05, 0) is 19.1 Å². The average molecular weight is 435 g/mol. The number of amides is 2. The molecule has 0 saturated carbocycles. The summed E-state index contributed by atoms with van der Waals surface area (Å²) in [7, 11) is 0. The number of carbonyl (C=O) groups excluding carboxylic acids is 2. The fourth-order valence-corrected chi connectivity index (χ4v) is 3.57. The molecule has 2 heterocycles. The first-order chi connectivity index (χ1) is 15.6. The highest BCUT2D eigenvalue weighted by molar-refractivity contribution is 5.82. The number of fused-ring (bicyclic) bond motifs is 2. The molecule has 2 aromatic carbocycles. The van der Waals surface area contributed by atoms with Crippen molar-refractivity contribution in [2.75, 3.05) is 19.7 Å². The van der Waals surface area contributed by atoms with Gasteiger partial charge in [-0.2, -0.15) is 10.2 Å². The van der Waals surface area contributed by atoms with Crippen molar-refractivity contribution >= 4 is 33.6 Å². The molecule has 32 heavy (non-hydrogen) atoms. The van der Waals surface area contributed by atoms with E-state index in [0.29, 0.717) is 6.61 Å². The first-order valence-electron chi connectivity index (χ1n) is 10.6. The van der Waals surface area contributed by atoms with Crippen LogP contribution in [0.2, 0.25) is 0 Å². The lowest BCUT2D eigenvalue weighted by atomic mass is 10.2. The summed E-state index contributed by atoms with van der Waals surface area (Å²) in [6, 6.07) is 15.5. The summed E-state index contributed by atoms with van der Waals surface area (Å²) < 4.78 is 9.01. The minimum Gasteiger partial charge on any atom is -0.375 e. The molecule has 0 aliphatic rings.